The summed E-state index contributed by atoms with van der Waals surface area (Å²) in [5.74, 6) is 0. The average Bonchev–Trinajstić information content (AvgIpc) is 2.56. The Morgan fingerprint density at radius 3 is 2.30 bits per heavy atom. The lowest BCUT2D eigenvalue weighted by atomic mass is 9.97. The van der Waals surface area contributed by atoms with Crippen molar-refractivity contribution in [2.24, 2.45) is 0 Å². The molecule has 1 heterocycles. The smallest absolute Gasteiger partial charge is 0.412 e. The number of fused-ring (bicyclic) bond motifs is 1. The second-order valence-corrected chi connectivity index (χ2v) is 7.57. The van der Waals surface area contributed by atoms with Crippen molar-refractivity contribution in [1.29, 1.82) is 0 Å². The number of amides is 1. The first-order chi connectivity index (χ1) is 12.7. The molecule has 27 heavy (non-hydrogen) atoms. The van der Waals surface area contributed by atoms with Gasteiger partial charge < -0.3 is 9.15 Å². The molecule has 1 amide bonds. The fraction of sp³-hybridized carbons (Fsp3) is 0.273. The minimum absolute atomic E-state index is 0.0752. The molecule has 0 unspecified atom stereocenters. The summed E-state index contributed by atoms with van der Waals surface area (Å²) in [6.07, 6.45) is -0.699. The van der Waals surface area contributed by atoms with E-state index < -0.39 is 17.3 Å². The van der Waals surface area contributed by atoms with Crippen LogP contribution in [0.2, 0.25) is 0 Å². The van der Waals surface area contributed by atoms with Crippen molar-refractivity contribution < 1.29 is 13.9 Å². The Hall–Kier alpha value is -3.08. The third-order valence-electron chi connectivity index (χ3n) is 4.21. The zero-order chi connectivity index (χ0) is 19.8. The minimum Gasteiger partial charge on any atom is -0.444 e. The number of carbonyl (C=O) groups is 1. The van der Waals surface area contributed by atoms with Crippen molar-refractivity contribution in [3.8, 4) is 11.1 Å². The predicted molar refractivity (Wildman–Crippen MR) is 107 cm³/mol. The van der Waals surface area contributed by atoms with Crippen molar-refractivity contribution in [3.63, 3.8) is 0 Å². The van der Waals surface area contributed by atoms with Crippen LogP contribution < -0.4 is 10.9 Å². The van der Waals surface area contributed by atoms with E-state index in [0.29, 0.717) is 11.1 Å². The van der Waals surface area contributed by atoms with Crippen LogP contribution in [0, 0.1) is 13.8 Å². The normalized spacial score (nSPS) is 11.4. The molecule has 1 N–H and O–H groups in total. The van der Waals surface area contributed by atoms with Gasteiger partial charge in [-0.25, -0.2) is 9.59 Å². The Labute approximate surface area is 158 Å². The Balaban J connectivity index is 2.26. The molecule has 0 radical (unpaired) electrons. The Morgan fingerprint density at radius 2 is 1.67 bits per heavy atom. The summed E-state index contributed by atoms with van der Waals surface area (Å²) in [6, 6.07) is 13.3. The van der Waals surface area contributed by atoms with Crippen LogP contribution in [0.3, 0.4) is 0 Å². The Bertz CT molecular complexity index is 1060. The van der Waals surface area contributed by atoms with E-state index in [2.05, 4.69) is 5.32 Å². The highest BCUT2D eigenvalue weighted by Crippen LogP contribution is 2.34. The first-order valence-corrected chi connectivity index (χ1v) is 8.79. The van der Waals surface area contributed by atoms with Crippen LogP contribution in [-0.4, -0.2) is 11.7 Å². The summed E-state index contributed by atoms with van der Waals surface area (Å²) >= 11 is 0. The zero-order valence-corrected chi connectivity index (χ0v) is 16.2. The summed E-state index contributed by atoms with van der Waals surface area (Å²) in [6.45, 7) is 9.25. The van der Waals surface area contributed by atoms with Crippen LogP contribution in [0.5, 0.6) is 0 Å². The molecule has 0 atom stereocenters. The number of rotatable bonds is 2. The largest absolute Gasteiger partial charge is 0.444 e. The Kier molecular flexibility index (Phi) is 4.79. The van der Waals surface area contributed by atoms with Gasteiger partial charge in [-0.15, -0.1) is 0 Å². The lowest BCUT2D eigenvalue weighted by molar-refractivity contribution is 0.0635. The maximum Gasteiger partial charge on any atom is 0.412 e. The molecular weight excluding hydrogens is 342 g/mol. The van der Waals surface area contributed by atoms with Crippen molar-refractivity contribution in [2.45, 2.75) is 40.2 Å². The molecule has 0 aliphatic carbocycles. The molecule has 3 rings (SSSR count). The van der Waals surface area contributed by atoms with Gasteiger partial charge >= 0.3 is 11.7 Å². The third kappa shape index (κ3) is 4.03. The summed E-state index contributed by atoms with van der Waals surface area (Å²) in [4.78, 5) is 25.0. The molecule has 3 aromatic rings. The number of benzene rings is 2. The third-order valence-corrected chi connectivity index (χ3v) is 4.21. The molecule has 5 heteroatoms. The van der Waals surface area contributed by atoms with Crippen LogP contribution in [0.15, 0.2) is 51.7 Å². The highest BCUT2D eigenvalue weighted by Gasteiger charge is 2.22. The minimum atomic E-state index is -0.699. The van der Waals surface area contributed by atoms with Gasteiger partial charge in [0.15, 0.2) is 0 Å². The fourth-order valence-electron chi connectivity index (χ4n) is 2.88. The molecule has 140 valence electrons. The number of ether oxygens (including phenoxy) is 1. The number of anilines is 1. The average molecular weight is 365 g/mol. The lowest BCUT2D eigenvalue weighted by Gasteiger charge is -2.20. The van der Waals surface area contributed by atoms with Crippen molar-refractivity contribution in [1.82, 2.24) is 0 Å². The monoisotopic (exact) mass is 365 g/mol. The molecule has 0 fully saturated rings. The molecular formula is C22H23NO4. The van der Waals surface area contributed by atoms with Gasteiger partial charge in [0.1, 0.15) is 16.9 Å². The summed E-state index contributed by atoms with van der Waals surface area (Å²) in [5, 5.41) is 3.35. The van der Waals surface area contributed by atoms with Crippen molar-refractivity contribution in [3.05, 3.63) is 64.0 Å². The Morgan fingerprint density at radius 1 is 1.04 bits per heavy atom. The van der Waals surface area contributed by atoms with Gasteiger partial charge in [-0.2, -0.15) is 0 Å². The fourth-order valence-corrected chi connectivity index (χ4v) is 2.88. The van der Waals surface area contributed by atoms with Gasteiger partial charge in [0.25, 0.3) is 0 Å². The van der Waals surface area contributed by atoms with E-state index in [1.807, 2.05) is 56.3 Å². The number of aryl methyl sites for hydroxylation is 2. The van der Waals surface area contributed by atoms with Crippen LogP contribution >= 0.6 is 0 Å². The number of carbonyl (C=O) groups excluding carboxylic acids is 1. The summed E-state index contributed by atoms with van der Waals surface area (Å²) < 4.78 is 10.8. The van der Waals surface area contributed by atoms with Gasteiger partial charge in [-0.05, 0) is 63.4 Å². The molecule has 0 bridgehead atoms. The highest BCUT2D eigenvalue weighted by atomic mass is 16.6. The lowest BCUT2D eigenvalue weighted by Crippen LogP contribution is -2.29. The molecule has 0 saturated heterocycles. The molecule has 5 nitrogen and oxygen atoms in total. The summed E-state index contributed by atoms with van der Waals surface area (Å²) in [5.41, 5.74) is 2.79. The van der Waals surface area contributed by atoms with E-state index >= 15 is 0 Å². The topological polar surface area (TPSA) is 68.5 Å². The standard InChI is InChI=1S/C22H23NO4/c1-13-11-16-17(12-14(13)2)26-20(24)19(23-21(25)27-22(3,4)5)18(16)15-9-7-6-8-10-15/h6-12H,1-5H3,(H,23,25). The van der Waals surface area contributed by atoms with E-state index in [1.165, 1.54) is 0 Å². The van der Waals surface area contributed by atoms with Crippen molar-refractivity contribution >= 4 is 22.7 Å². The number of nitrogens with one attached hydrogen (secondary N) is 1. The van der Waals surface area contributed by atoms with Crippen LogP contribution in [0.1, 0.15) is 31.9 Å². The predicted octanol–water partition coefficient (Wildman–Crippen LogP) is 5.42. The molecule has 0 saturated carbocycles. The van der Waals surface area contributed by atoms with Gasteiger partial charge in [0, 0.05) is 10.9 Å². The highest BCUT2D eigenvalue weighted by molar-refractivity contribution is 6.03. The second-order valence-electron chi connectivity index (χ2n) is 7.57. The molecule has 0 aliphatic heterocycles. The molecule has 2 aromatic carbocycles. The van der Waals surface area contributed by atoms with Crippen LogP contribution in [-0.2, 0) is 4.74 Å². The van der Waals surface area contributed by atoms with E-state index in [4.69, 9.17) is 9.15 Å². The summed E-state index contributed by atoms with van der Waals surface area (Å²) in [7, 11) is 0. The molecule has 0 aliphatic rings. The van der Waals surface area contributed by atoms with Crippen LogP contribution in [0.4, 0.5) is 10.5 Å². The SMILES string of the molecule is Cc1cc2oc(=O)c(NC(=O)OC(C)(C)C)c(-c3ccccc3)c2cc1C. The van der Waals surface area contributed by atoms with E-state index in [-0.39, 0.29) is 5.69 Å². The molecule has 1 aromatic heterocycles. The van der Waals surface area contributed by atoms with Gasteiger partial charge in [0.2, 0.25) is 0 Å². The van der Waals surface area contributed by atoms with E-state index in [1.54, 1.807) is 20.8 Å². The quantitative estimate of drug-likeness (QED) is 0.615. The van der Waals surface area contributed by atoms with E-state index in [0.717, 1.165) is 22.1 Å². The number of hydrogen-bond acceptors (Lipinski definition) is 4. The molecule has 0 spiro atoms. The van der Waals surface area contributed by atoms with Gasteiger partial charge in [-0.1, -0.05) is 30.3 Å². The van der Waals surface area contributed by atoms with Crippen LogP contribution in [0.25, 0.3) is 22.1 Å². The zero-order valence-electron chi connectivity index (χ0n) is 16.2. The van der Waals surface area contributed by atoms with Gasteiger partial charge in [0.05, 0.1) is 0 Å². The second kappa shape index (κ2) is 6.91. The maximum absolute atomic E-state index is 12.7. The number of hydrogen-bond donors (Lipinski definition) is 1. The maximum atomic E-state index is 12.7. The first kappa shape index (κ1) is 18.7. The van der Waals surface area contributed by atoms with Crippen molar-refractivity contribution in [2.75, 3.05) is 5.32 Å². The van der Waals surface area contributed by atoms with Gasteiger partial charge in [-0.3, -0.25) is 5.32 Å². The first-order valence-electron chi connectivity index (χ1n) is 8.79. The van der Waals surface area contributed by atoms with E-state index in [9.17, 15) is 9.59 Å².